The smallest absolute Gasteiger partial charge is 0.341 e. The maximum absolute atomic E-state index is 12.4. The van der Waals surface area contributed by atoms with Crippen LogP contribution in [-0.2, 0) is 24.0 Å². The third-order valence-corrected chi connectivity index (χ3v) is 6.82. The van der Waals surface area contributed by atoms with E-state index < -0.39 is 0 Å². The van der Waals surface area contributed by atoms with E-state index in [1.807, 2.05) is 0 Å². The highest BCUT2D eigenvalue weighted by molar-refractivity contribution is 5.90. The molecule has 1 saturated heterocycles. The molecule has 0 N–H and O–H groups in total. The second-order valence-corrected chi connectivity index (χ2v) is 9.54. The Labute approximate surface area is 203 Å². The first-order valence-corrected chi connectivity index (χ1v) is 12.4. The van der Waals surface area contributed by atoms with Crippen molar-refractivity contribution in [2.75, 3.05) is 25.1 Å². The molecule has 1 aliphatic heterocycles. The molecule has 0 saturated carbocycles. The molecule has 1 fully saturated rings. The summed E-state index contributed by atoms with van der Waals surface area (Å²) in [7, 11) is 1.40. The first-order chi connectivity index (χ1) is 16.5. The van der Waals surface area contributed by atoms with E-state index in [0.29, 0.717) is 23.8 Å². The van der Waals surface area contributed by atoms with Crippen molar-refractivity contribution in [3.05, 3.63) is 88.7 Å². The predicted octanol–water partition coefficient (Wildman–Crippen LogP) is 5.63. The largest absolute Gasteiger partial charge is 0.465 e. The summed E-state index contributed by atoms with van der Waals surface area (Å²) in [6, 6.07) is 19.4. The van der Waals surface area contributed by atoms with Gasteiger partial charge < -0.3 is 9.64 Å². The molecule has 34 heavy (non-hydrogen) atoms. The van der Waals surface area contributed by atoms with Gasteiger partial charge in [-0.2, -0.15) is 0 Å². The normalized spacial score (nSPS) is 14.4. The lowest BCUT2D eigenvalue weighted by Crippen LogP contribution is -2.35. The maximum Gasteiger partial charge on any atom is 0.341 e. The number of ether oxygens (including phenoxy) is 1. The van der Waals surface area contributed by atoms with Crippen LogP contribution in [0.3, 0.4) is 0 Å². The van der Waals surface area contributed by atoms with E-state index in [1.54, 1.807) is 6.20 Å². The van der Waals surface area contributed by atoms with Gasteiger partial charge in [-0.3, -0.25) is 0 Å². The van der Waals surface area contributed by atoms with Crippen molar-refractivity contribution in [3.8, 4) is 0 Å². The van der Waals surface area contributed by atoms with Crippen LogP contribution in [-0.4, -0.2) is 36.1 Å². The number of aryl methyl sites for hydroxylation is 2. The summed E-state index contributed by atoms with van der Waals surface area (Å²) < 4.78 is 4.99. The molecule has 0 spiro atoms. The molecule has 0 radical (unpaired) electrons. The molecule has 2 aromatic carbocycles. The summed E-state index contributed by atoms with van der Waals surface area (Å²) in [5, 5.41) is 0. The van der Waals surface area contributed by atoms with Crippen LogP contribution in [0.1, 0.15) is 65.3 Å². The minimum Gasteiger partial charge on any atom is -0.465 e. The summed E-state index contributed by atoms with van der Waals surface area (Å²) in [6.07, 6.45) is 6.49. The number of anilines is 1. The van der Waals surface area contributed by atoms with Gasteiger partial charge in [0.05, 0.1) is 18.4 Å². The number of hydrogen-bond donors (Lipinski definition) is 0. The lowest BCUT2D eigenvalue weighted by molar-refractivity contribution is 0.0598. The summed E-state index contributed by atoms with van der Waals surface area (Å²) in [6.45, 7) is 6.27. The van der Waals surface area contributed by atoms with E-state index in [4.69, 9.17) is 9.72 Å². The molecule has 1 aromatic heterocycles. The molecule has 0 atom stereocenters. The second-order valence-electron chi connectivity index (χ2n) is 9.54. The van der Waals surface area contributed by atoms with Gasteiger partial charge in [-0.15, -0.1) is 0 Å². The minimum atomic E-state index is -0.377. The second kappa shape index (κ2) is 11.3. The Bertz CT molecular complexity index is 1070. The summed E-state index contributed by atoms with van der Waals surface area (Å²) in [4.78, 5) is 24.0. The fourth-order valence-electron chi connectivity index (χ4n) is 4.65. The Morgan fingerprint density at radius 2 is 1.71 bits per heavy atom. The monoisotopic (exact) mass is 457 g/mol. The zero-order valence-corrected chi connectivity index (χ0v) is 20.5. The van der Waals surface area contributed by atoms with Gasteiger partial charge in [-0.25, -0.2) is 14.8 Å². The van der Waals surface area contributed by atoms with E-state index in [0.717, 1.165) is 50.4 Å². The van der Waals surface area contributed by atoms with Gasteiger partial charge >= 0.3 is 5.97 Å². The number of esters is 1. The highest BCUT2D eigenvalue weighted by Gasteiger charge is 2.23. The molecule has 0 bridgehead atoms. The molecule has 178 valence electrons. The Kier molecular flexibility index (Phi) is 7.94. The Morgan fingerprint density at radius 1 is 1.00 bits per heavy atom. The zero-order valence-electron chi connectivity index (χ0n) is 20.5. The number of hydrogen-bond acceptors (Lipinski definition) is 5. The van der Waals surface area contributed by atoms with Crippen LogP contribution >= 0.6 is 0 Å². The predicted molar refractivity (Wildman–Crippen MR) is 136 cm³/mol. The van der Waals surface area contributed by atoms with Crippen molar-refractivity contribution in [3.63, 3.8) is 0 Å². The van der Waals surface area contributed by atoms with E-state index in [1.165, 1.54) is 23.8 Å². The molecule has 0 amide bonds. The average molecular weight is 458 g/mol. The lowest BCUT2D eigenvalue weighted by atomic mass is 9.90. The van der Waals surface area contributed by atoms with E-state index >= 15 is 0 Å². The highest BCUT2D eigenvalue weighted by Crippen LogP contribution is 2.25. The number of rotatable bonds is 8. The van der Waals surface area contributed by atoms with Crippen LogP contribution in [0, 0.1) is 5.92 Å². The first-order valence-electron chi connectivity index (χ1n) is 12.4. The van der Waals surface area contributed by atoms with E-state index in [-0.39, 0.29) is 5.97 Å². The van der Waals surface area contributed by atoms with Gasteiger partial charge in [0.2, 0.25) is 5.95 Å². The summed E-state index contributed by atoms with van der Waals surface area (Å²) in [5.74, 6) is 1.54. The molecule has 4 rings (SSSR count). The van der Waals surface area contributed by atoms with Crippen LogP contribution in [0.15, 0.2) is 60.8 Å². The van der Waals surface area contributed by atoms with Crippen molar-refractivity contribution in [1.29, 1.82) is 0 Å². The molecule has 0 unspecified atom stereocenters. The molecule has 3 aromatic rings. The minimum absolute atomic E-state index is 0.377. The van der Waals surface area contributed by atoms with Gasteiger partial charge in [-0.05, 0) is 60.6 Å². The number of carbonyl (C=O) groups is 1. The lowest BCUT2D eigenvalue weighted by Gasteiger charge is -2.32. The summed E-state index contributed by atoms with van der Waals surface area (Å²) >= 11 is 0. The van der Waals surface area contributed by atoms with Crippen LogP contribution in [0.25, 0.3) is 0 Å². The van der Waals surface area contributed by atoms with Crippen LogP contribution in [0.2, 0.25) is 0 Å². The molecule has 5 nitrogen and oxygen atoms in total. The Morgan fingerprint density at radius 3 is 2.35 bits per heavy atom. The van der Waals surface area contributed by atoms with Crippen LogP contribution in [0.5, 0.6) is 0 Å². The third kappa shape index (κ3) is 6.02. The standard InChI is InChI=1S/C29H35N3O2/c1-21(2)25-12-9-22(10-13-25)11-14-27-26(28(33)34-3)20-30-29(31-27)32-17-15-24(16-18-32)19-23-7-5-4-6-8-23/h4-10,12-13,20-21,24H,11,14-19H2,1-3H3. The van der Waals surface area contributed by atoms with Gasteiger partial charge in [0.1, 0.15) is 0 Å². The fourth-order valence-corrected chi connectivity index (χ4v) is 4.65. The van der Waals surface area contributed by atoms with Crippen LogP contribution < -0.4 is 4.90 Å². The molecular weight excluding hydrogens is 422 g/mol. The topological polar surface area (TPSA) is 55.3 Å². The molecule has 5 heteroatoms. The van der Waals surface area contributed by atoms with Crippen molar-refractivity contribution < 1.29 is 9.53 Å². The van der Waals surface area contributed by atoms with Crippen molar-refractivity contribution in [1.82, 2.24) is 9.97 Å². The quantitative estimate of drug-likeness (QED) is 0.410. The Balaban J connectivity index is 1.43. The number of nitrogens with zero attached hydrogens (tertiary/aromatic N) is 3. The fraction of sp³-hybridized carbons (Fsp3) is 0.414. The highest BCUT2D eigenvalue weighted by atomic mass is 16.5. The molecule has 1 aliphatic rings. The number of piperidine rings is 1. The zero-order chi connectivity index (χ0) is 23.9. The van der Waals surface area contributed by atoms with Gasteiger partial charge in [0.25, 0.3) is 0 Å². The van der Waals surface area contributed by atoms with Gasteiger partial charge in [0.15, 0.2) is 0 Å². The Hall–Kier alpha value is -3.21. The number of benzene rings is 2. The SMILES string of the molecule is COC(=O)c1cnc(N2CCC(Cc3ccccc3)CC2)nc1CCc1ccc(C(C)C)cc1. The number of carbonyl (C=O) groups excluding carboxylic acids is 1. The molecule has 0 aliphatic carbocycles. The van der Waals surface area contributed by atoms with Crippen molar-refractivity contribution in [2.24, 2.45) is 5.92 Å². The number of methoxy groups -OCH3 is 1. The third-order valence-electron chi connectivity index (χ3n) is 6.82. The number of aromatic nitrogens is 2. The van der Waals surface area contributed by atoms with Crippen molar-refractivity contribution >= 4 is 11.9 Å². The molecule has 2 heterocycles. The molecular formula is C29H35N3O2. The maximum atomic E-state index is 12.4. The summed E-state index contributed by atoms with van der Waals surface area (Å²) in [5.41, 5.74) is 5.20. The van der Waals surface area contributed by atoms with E-state index in [9.17, 15) is 4.79 Å². The van der Waals surface area contributed by atoms with Gasteiger partial charge in [-0.1, -0.05) is 68.4 Å². The van der Waals surface area contributed by atoms with Gasteiger partial charge in [0, 0.05) is 19.3 Å². The first kappa shape index (κ1) is 23.9. The average Bonchev–Trinajstić information content (AvgIpc) is 2.88. The van der Waals surface area contributed by atoms with Crippen molar-refractivity contribution in [2.45, 2.75) is 51.9 Å². The van der Waals surface area contributed by atoms with Crippen LogP contribution in [0.4, 0.5) is 5.95 Å². The van der Waals surface area contributed by atoms with E-state index in [2.05, 4.69) is 78.3 Å².